The molecule has 6 heteroatoms. The Morgan fingerprint density at radius 2 is 2.10 bits per heavy atom. The van der Waals surface area contributed by atoms with Crippen LogP contribution in [-0.2, 0) is 4.74 Å². The normalized spacial score (nSPS) is 10.2. The van der Waals surface area contributed by atoms with Gasteiger partial charge in [0.15, 0.2) is 0 Å². The van der Waals surface area contributed by atoms with Gasteiger partial charge in [-0.3, -0.25) is 0 Å². The van der Waals surface area contributed by atoms with Crippen molar-refractivity contribution in [3.05, 3.63) is 29.3 Å². The Morgan fingerprint density at radius 1 is 1.40 bits per heavy atom. The molecule has 1 aromatic rings. The van der Waals surface area contributed by atoms with Crippen LogP contribution in [0.2, 0.25) is 0 Å². The van der Waals surface area contributed by atoms with Crippen LogP contribution in [0.5, 0.6) is 0 Å². The number of carbonyl (C=O) groups excluding carboxylic acids is 1. The number of hydrogen-bond donors (Lipinski definition) is 2. The van der Waals surface area contributed by atoms with E-state index < -0.39 is 5.97 Å². The molecule has 0 saturated carbocycles. The van der Waals surface area contributed by atoms with Crippen LogP contribution >= 0.6 is 0 Å². The SMILES string of the molecule is CCN(CCOC)C(=O)Nc1cccc(C)c1C(=O)O. The Bertz CT molecular complexity index is 488. The molecule has 2 N–H and O–H groups in total. The monoisotopic (exact) mass is 280 g/mol. The lowest BCUT2D eigenvalue weighted by Gasteiger charge is -2.21. The van der Waals surface area contributed by atoms with Gasteiger partial charge in [0, 0.05) is 20.2 Å². The summed E-state index contributed by atoms with van der Waals surface area (Å²) in [6.45, 7) is 4.95. The first-order valence-corrected chi connectivity index (χ1v) is 6.39. The van der Waals surface area contributed by atoms with E-state index in [2.05, 4.69) is 5.32 Å². The third-order valence-corrected chi connectivity index (χ3v) is 2.96. The van der Waals surface area contributed by atoms with E-state index in [-0.39, 0.29) is 11.6 Å². The topological polar surface area (TPSA) is 78.9 Å². The number of likely N-dealkylation sites (N-methyl/N-ethyl adjacent to an activating group) is 1. The van der Waals surface area contributed by atoms with Gasteiger partial charge in [-0.25, -0.2) is 9.59 Å². The van der Waals surface area contributed by atoms with Crippen LogP contribution in [0.15, 0.2) is 18.2 Å². The van der Waals surface area contributed by atoms with E-state index in [0.29, 0.717) is 30.9 Å². The average Bonchev–Trinajstić information content (AvgIpc) is 2.39. The Kier molecular flexibility index (Phi) is 5.99. The summed E-state index contributed by atoms with van der Waals surface area (Å²) in [4.78, 5) is 24.9. The molecule has 0 aliphatic heterocycles. The zero-order valence-corrected chi connectivity index (χ0v) is 12.0. The van der Waals surface area contributed by atoms with Crippen LogP contribution in [0.4, 0.5) is 10.5 Å². The number of carboxylic acids is 1. The largest absolute Gasteiger partial charge is 0.478 e. The second-order valence-electron chi connectivity index (χ2n) is 4.31. The number of nitrogens with zero attached hydrogens (tertiary/aromatic N) is 1. The van der Waals surface area contributed by atoms with Crippen LogP contribution in [0.3, 0.4) is 0 Å². The fourth-order valence-electron chi connectivity index (χ4n) is 1.85. The van der Waals surface area contributed by atoms with E-state index in [4.69, 9.17) is 4.74 Å². The van der Waals surface area contributed by atoms with Crippen molar-refractivity contribution in [2.75, 3.05) is 32.1 Å². The molecule has 0 aliphatic rings. The van der Waals surface area contributed by atoms with Crippen molar-refractivity contribution in [3.8, 4) is 0 Å². The standard InChI is InChI=1S/C14H20N2O4/c1-4-16(8-9-20-3)14(19)15-11-7-5-6-10(2)12(11)13(17)18/h5-7H,4,8-9H2,1-3H3,(H,15,19)(H,17,18). The summed E-state index contributed by atoms with van der Waals surface area (Å²) in [5.41, 5.74) is 1.03. The molecule has 0 aromatic heterocycles. The van der Waals surface area contributed by atoms with Gasteiger partial charge < -0.3 is 20.1 Å². The number of anilines is 1. The molecule has 2 amide bonds. The second kappa shape index (κ2) is 7.49. The van der Waals surface area contributed by atoms with E-state index in [1.54, 1.807) is 37.1 Å². The molecular formula is C14H20N2O4. The van der Waals surface area contributed by atoms with Gasteiger partial charge in [0.25, 0.3) is 0 Å². The lowest BCUT2D eigenvalue weighted by atomic mass is 10.1. The smallest absolute Gasteiger partial charge is 0.338 e. The molecule has 0 heterocycles. The molecule has 0 aliphatic carbocycles. The minimum absolute atomic E-state index is 0.114. The van der Waals surface area contributed by atoms with Crippen LogP contribution in [0.1, 0.15) is 22.8 Å². The first kappa shape index (κ1) is 16.0. The summed E-state index contributed by atoms with van der Waals surface area (Å²) in [7, 11) is 1.56. The predicted molar refractivity (Wildman–Crippen MR) is 76.3 cm³/mol. The molecule has 0 spiro atoms. The molecular weight excluding hydrogens is 260 g/mol. The highest BCUT2D eigenvalue weighted by molar-refractivity contribution is 6.01. The maximum absolute atomic E-state index is 12.1. The number of hydrogen-bond acceptors (Lipinski definition) is 3. The van der Waals surface area contributed by atoms with Gasteiger partial charge >= 0.3 is 12.0 Å². The van der Waals surface area contributed by atoms with Crippen molar-refractivity contribution < 1.29 is 19.4 Å². The summed E-state index contributed by atoms with van der Waals surface area (Å²) in [6.07, 6.45) is 0. The number of amides is 2. The highest BCUT2D eigenvalue weighted by Crippen LogP contribution is 2.19. The number of nitrogens with one attached hydrogen (secondary N) is 1. The number of methoxy groups -OCH3 is 1. The number of carbonyl (C=O) groups is 2. The van der Waals surface area contributed by atoms with Crippen LogP contribution in [0.25, 0.3) is 0 Å². The van der Waals surface area contributed by atoms with E-state index in [1.807, 2.05) is 6.92 Å². The van der Waals surface area contributed by atoms with Gasteiger partial charge in [-0.1, -0.05) is 12.1 Å². The van der Waals surface area contributed by atoms with E-state index in [0.717, 1.165) is 0 Å². The first-order valence-electron chi connectivity index (χ1n) is 6.39. The molecule has 1 rings (SSSR count). The molecule has 110 valence electrons. The predicted octanol–water partition coefficient (Wildman–Crippen LogP) is 2.19. The van der Waals surface area contributed by atoms with Gasteiger partial charge in [0.05, 0.1) is 17.9 Å². The summed E-state index contributed by atoms with van der Waals surface area (Å²) in [5.74, 6) is -1.06. The number of rotatable bonds is 6. The molecule has 0 radical (unpaired) electrons. The second-order valence-corrected chi connectivity index (χ2v) is 4.31. The number of benzene rings is 1. The minimum Gasteiger partial charge on any atom is -0.478 e. The Balaban J connectivity index is 2.89. The van der Waals surface area contributed by atoms with Crippen molar-refractivity contribution in [2.45, 2.75) is 13.8 Å². The quantitative estimate of drug-likeness (QED) is 0.837. The lowest BCUT2D eigenvalue weighted by molar-refractivity contribution is 0.0697. The van der Waals surface area contributed by atoms with Crippen LogP contribution in [0, 0.1) is 6.92 Å². The van der Waals surface area contributed by atoms with Gasteiger partial charge in [0.2, 0.25) is 0 Å². The number of ether oxygens (including phenoxy) is 1. The highest BCUT2D eigenvalue weighted by atomic mass is 16.5. The van der Waals surface area contributed by atoms with Gasteiger partial charge in [-0.15, -0.1) is 0 Å². The molecule has 0 fully saturated rings. The lowest BCUT2D eigenvalue weighted by Crippen LogP contribution is -2.37. The maximum atomic E-state index is 12.1. The van der Waals surface area contributed by atoms with Crippen molar-refractivity contribution in [3.63, 3.8) is 0 Å². The third kappa shape index (κ3) is 3.96. The number of aryl methyl sites for hydroxylation is 1. The van der Waals surface area contributed by atoms with Crippen molar-refractivity contribution in [1.29, 1.82) is 0 Å². The molecule has 1 aromatic carbocycles. The van der Waals surface area contributed by atoms with Crippen molar-refractivity contribution >= 4 is 17.7 Å². The highest BCUT2D eigenvalue weighted by Gasteiger charge is 2.17. The molecule has 20 heavy (non-hydrogen) atoms. The number of urea groups is 1. The fourth-order valence-corrected chi connectivity index (χ4v) is 1.85. The Morgan fingerprint density at radius 3 is 2.65 bits per heavy atom. The van der Waals surface area contributed by atoms with Gasteiger partial charge in [-0.05, 0) is 25.5 Å². The van der Waals surface area contributed by atoms with Crippen molar-refractivity contribution in [2.24, 2.45) is 0 Å². The Labute approximate surface area is 118 Å². The summed E-state index contributed by atoms with van der Waals surface area (Å²) < 4.78 is 4.94. The summed E-state index contributed by atoms with van der Waals surface area (Å²) >= 11 is 0. The number of aromatic carboxylic acids is 1. The first-order chi connectivity index (χ1) is 9.51. The van der Waals surface area contributed by atoms with Gasteiger partial charge in [0.1, 0.15) is 0 Å². The van der Waals surface area contributed by atoms with Crippen molar-refractivity contribution in [1.82, 2.24) is 4.90 Å². The number of carboxylic acid groups (broad SMARTS) is 1. The zero-order chi connectivity index (χ0) is 15.1. The molecule has 0 unspecified atom stereocenters. The molecule has 6 nitrogen and oxygen atoms in total. The third-order valence-electron chi connectivity index (χ3n) is 2.96. The van der Waals surface area contributed by atoms with E-state index >= 15 is 0 Å². The van der Waals surface area contributed by atoms with E-state index in [9.17, 15) is 14.7 Å². The maximum Gasteiger partial charge on any atom is 0.338 e. The average molecular weight is 280 g/mol. The minimum atomic E-state index is -1.06. The molecule has 0 bridgehead atoms. The summed E-state index contributed by atoms with van der Waals surface area (Å²) in [5, 5.41) is 11.9. The molecule has 0 saturated heterocycles. The van der Waals surface area contributed by atoms with Gasteiger partial charge in [-0.2, -0.15) is 0 Å². The zero-order valence-electron chi connectivity index (χ0n) is 12.0. The fraction of sp³-hybridized carbons (Fsp3) is 0.429. The Hall–Kier alpha value is -2.08. The summed E-state index contributed by atoms with van der Waals surface area (Å²) in [6, 6.07) is 4.65. The van der Waals surface area contributed by atoms with Crippen LogP contribution < -0.4 is 5.32 Å². The van der Waals surface area contributed by atoms with Crippen LogP contribution in [-0.4, -0.2) is 48.8 Å². The van der Waals surface area contributed by atoms with E-state index in [1.165, 1.54) is 0 Å². The molecule has 0 atom stereocenters.